The van der Waals surface area contributed by atoms with Crippen LogP contribution >= 0.6 is 0 Å². The summed E-state index contributed by atoms with van der Waals surface area (Å²) in [6, 6.07) is 20.7. The predicted octanol–water partition coefficient (Wildman–Crippen LogP) is 2.83. The molecule has 0 aromatic heterocycles. The third-order valence-electron chi connectivity index (χ3n) is 7.36. The molecule has 2 heterocycles. The fourth-order valence-corrected chi connectivity index (χ4v) is 4.97. The number of hydrogen-bond acceptors (Lipinski definition) is 4. The zero-order valence-corrected chi connectivity index (χ0v) is 21.1. The van der Waals surface area contributed by atoms with Gasteiger partial charge in [-0.1, -0.05) is 66.2 Å². The normalized spacial score (nSPS) is 19.9. The number of amides is 5. The van der Waals surface area contributed by atoms with Crippen LogP contribution in [0.3, 0.4) is 0 Å². The Morgan fingerprint density at radius 2 is 1.46 bits per heavy atom. The fraction of sp³-hybridized carbons (Fsp3) is 0.310. The highest BCUT2D eigenvalue weighted by Crippen LogP contribution is 2.31. The van der Waals surface area contributed by atoms with Crippen molar-refractivity contribution in [3.05, 3.63) is 83.4 Å². The van der Waals surface area contributed by atoms with Gasteiger partial charge < -0.3 is 15.1 Å². The molecular weight excluding hydrogens is 468 g/mol. The molecule has 8 heteroatoms. The number of fused-ring (bicyclic) bond motifs is 1. The molecule has 0 aliphatic carbocycles. The number of piperazine rings is 1. The van der Waals surface area contributed by atoms with Crippen LogP contribution in [-0.4, -0.2) is 71.2 Å². The first-order valence-electron chi connectivity index (χ1n) is 12.5. The van der Waals surface area contributed by atoms with Crippen molar-refractivity contribution >= 4 is 34.5 Å². The van der Waals surface area contributed by atoms with Crippen LogP contribution in [0.15, 0.2) is 66.7 Å². The van der Waals surface area contributed by atoms with E-state index < -0.39 is 17.5 Å². The summed E-state index contributed by atoms with van der Waals surface area (Å²) in [5.74, 6) is -0.735. The molecule has 3 aromatic rings. The summed E-state index contributed by atoms with van der Waals surface area (Å²) in [6.07, 6.45) is 0.323. The van der Waals surface area contributed by atoms with Crippen LogP contribution in [0.4, 0.5) is 4.79 Å². The molecule has 5 rings (SSSR count). The number of carbonyl (C=O) groups excluding carboxylic acids is 4. The second-order valence-electron chi connectivity index (χ2n) is 9.93. The highest BCUT2D eigenvalue weighted by Gasteiger charge is 2.49. The van der Waals surface area contributed by atoms with E-state index in [2.05, 4.69) is 5.32 Å². The molecule has 1 atom stereocenters. The van der Waals surface area contributed by atoms with E-state index in [4.69, 9.17) is 0 Å². The van der Waals surface area contributed by atoms with Crippen molar-refractivity contribution in [2.24, 2.45) is 0 Å². The van der Waals surface area contributed by atoms with Crippen LogP contribution in [-0.2, 0) is 26.3 Å². The number of imide groups is 1. The van der Waals surface area contributed by atoms with E-state index >= 15 is 0 Å². The molecule has 37 heavy (non-hydrogen) atoms. The number of carbonyl (C=O) groups is 4. The van der Waals surface area contributed by atoms with Gasteiger partial charge in [0.1, 0.15) is 12.1 Å². The number of nitrogens with one attached hydrogen (secondary N) is 1. The maximum atomic E-state index is 13.3. The SMILES string of the molecule is Cc1ccc(CC(=O)N2CCN(C(=O)CN3C(=O)NC(C)(c4ccc5ccccc5c4)C3=O)CC2)cc1. The van der Waals surface area contributed by atoms with Crippen molar-refractivity contribution in [2.75, 3.05) is 32.7 Å². The van der Waals surface area contributed by atoms with Crippen molar-refractivity contribution in [3.8, 4) is 0 Å². The van der Waals surface area contributed by atoms with E-state index in [0.717, 1.165) is 26.8 Å². The Hall–Kier alpha value is -4.20. The van der Waals surface area contributed by atoms with Gasteiger partial charge >= 0.3 is 6.03 Å². The van der Waals surface area contributed by atoms with Crippen LogP contribution in [0, 0.1) is 6.92 Å². The van der Waals surface area contributed by atoms with E-state index in [0.29, 0.717) is 38.2 Å². The molecule has 0 radical (unpaired) electrons. The van der Waals surface area contributed by atoms with E-state index in [9.17, 15) is 19.2 Å². The first-order chi connectivity index (χ1) is 17.7. The molecule has 5 amide bonds. The van der Waals surface area contributed by atoms with E-state index in [1.165, 1.54) is 0 Å². The van der Waals surface area contributed by atoms with Gasteiger partial charge in [-0.3, -0.25) is 19.3 Å². The predicted molar refractivity (Wildman–Crippen MR) is 140 cm³/mol. The Balaban J connectivity index is 1.19. The Morgan fingerprint density at radius 1 is 0.838 bits per heavy atom. The number of urea groups is 1. The lowest BCUT2D eigenvalue weighted by atomic mass is 9.90. The first-order valence-corrected chi connectivity index (χ1v) is 12.5. The third kappa shape index (κ3) is 4.79. The number of nitrogens with zero attached hydrogens (tertiary/aromatic N) is 3. The summed E-state index contributed by atoms with van der Waals surface area (Å²) in [7, 11) is 0. The molecule has 0 bridgehead atoms. The highest BCUT2D eigenvalue weighted by atomic mass is 16.2. The molecule has 2 aliphatic rings. The number of benzene rings is 3. The van der Waals surface area contributed by atoms with Gasteiger partial charge in [0.25, 0.3) is 5.91 Å². The largest absolute Gasteiger partial charge is 0.339 e. The van der Waals surface area contributed by atoms with Gasteiger partial charge in [-0.05, 0) is 41.8 Å². The molecule has 2 fully saturated rings. The molecule has 1 N–H and O–H groups in total. The van der Waals surface area contributed by atoms with Gasteiger partial charge in [0, 0.05) is 26.2 Å². The van der Waals surface area contributed by atoms with Crippen molar-refractivity contribution in [3.63, 3.8) is 0 Å². The molecule has 1 unspecified atom stereocenters. The second-order valence-corrected chi connectivity index (χ2v) is 9.93. The fourth-order valence-electron chi connectivity index (χ4n) is 4.97. The lowest BCUT2D eigenvalue weighted by Crippen LogP contribution is -2.53. The number of rotatable bonds is 5. The maximum Gasteiger partial charge on any atom is 0.325 e. The van der Waals surface area contributed by atoms with Gasteiger partial charge in [0.2, 0.25) is 11.8 Å². The second kappa shape index (κ2) is 9.69. The average Bonchev–Trinajstić information content (AvgIpc) is 3.13. The summed E-state index contributed by atoms with van der Waals surface area (Å²) in [5.41, 5.74) is 1.52. The standard InChI is InChI=1S/C29H30N4O4/c1-20-7-9-21(10-8-20)17-25(34)31-13-15-32(16-14-31)26(35)19-33-27(36)29(2,30-28(33)37)24-12-11-22-5-3-4-6-23(22)18-24/h3-12,18H,13-17,19H2,1-2H3,(H,30,37). The topological polar surface area (TPSA) is 90.0 Å². The van der Waals surface area contributed by atoms with Gasteiger partial charge in [-0.25, -0.2) is 4.79 Å². The van der Waals surface area contributed by atoms with E-state index in [1.54, 1.807) is 16.7 Å². The molecule has 0 saturated carbocycles. The zero-order valence-electron chi connectivity index (χ0n) is 21.1. The van der Waals surface area contributed by atoms with E-state index in [-0.39, 0.29) is 18.4 Å². The Kier molecular flexibility index (Phi) is 6.41. The third-order valence-corrected chi connectivity index (χ3v) is 7.36. The smallest absolute Gasteiger partial charge is 0.325 e. The van der Waals surface area contributed by atoms with Crippen LogP contribution < -0.4 is 5.32 Å². The summed E-state index contributed by atoms with van der Waals surface area (Å²) < 4.78 is 0. The number of aryl methyl sites for hydroxylation is 1. The quantitative estimate of drug-likeness (QED) is 0.548. The molecule has 2 aliphatic heterocycles. The van der Waals surface area contributed by atoms with Crippen LogP contribution in [0.5, 0.6) is 0 Å². The molecule has 3 aromatic carbocycles. The van der Waals surface area contributed by atoms with Crippen molar-refractivity contribution < 1.29 is 19.2 Å². The lowest BCUT2D eigenvalue weighted by Gasteiger charge is -2.35. The van der Waals surface area contributed by atoms with Gasteiger partial charge in [-0.2, -0.15) is 0 Å². The van der Waals surface area contributed by atoms with Crippen molar-refractivity contribution in [2.45, 2.75) is 25.8 Å². The van der Waals surface area contributed by atoms with Crippen molar-refractivity contribution in [1.29, 1.82) is 0 Å². The summed E-state index contributed by atoms with van der Waals surface area (Å²) in [5, 5.41) is 4.78. The van der Waals surface area contributed by atoms with Gasteiger partial charge in [-0.15, -0.1) is 0 Å². The Bertz CT molecular complexity index is 1380. The molecule has 190 valence electrons. The Labute approximate surface area is 215 Å². The Morgan fingerprint density at radius 3 is 2.14 bits per heavy atom. The highest BCUT2D eigenvalue weighted by molar-refractivity contribution is 6.09. The minimum absolute atomic E-state index is 0.0243. The molecule has 0 spiro atoms. The van der Waals surface area contributed by atoms with Crippen LogP contribution in [0.25, 0.3) is 10.8 Å². The molecule has 8 nitrogen and oxygen atoms in total. The summed E-state index contributed by atoms with van der Waals surface area (Å²) >= 11 is 0. The van der Waals surface area contributed by atoms with E-state index in [1.807, 2.05) is 73.7 Å². The summed E-state index contributed by atoms with van der Waals surface area (Å²) in [6.45, 7) is 4.92. The number of hydrogen-bond donors (Lipinski definition) is 1. The monoisotopic (exact) mass is 498 g/mol. The van der Waals surface area contributed by atoms with Gasteiger partial charge in [0.15, 0.2) is 0 Å². The van der Waals surface area contributed by atoms with Gasteiger partial charge in [0.05, 0.1) is 6.42 Å². The minimum Gasteiger partial charge on any atom is -0.339 e. The molecule has 2 saturated heterocycles. The summed E-state index contributed by atoms with van der Waals surface area (Å²) in [4.78, 5) is 56.2. The minimum atomic E-state index is -1.25. The molecular formula is C29H30N4O4. The van der Waals surface area contributed by atoms with Crippen LogP contribution in [0.2, 0.25) is 0 Å². The zero-order chi connectivity index (χ0) is 26.2. The van der Waals surface area contributed by atoms with Crippen LogP contribution in [0.1, 0.15) is 23.6 Å². The maximum absolute atomic E-state index is 13.3. The van der Waals surface area contributed by atoms with Crippen molar-refractivity contribution in [1.82, 2.24) is 20.0 Å². The lowest BCUT2D eigenvalue weighted by molar-refractivity contribution is -0.142. The average molecular weight is 499 g/mol. The first kappa shape index (κ1) is 24.5.